The predicted octanol–water partition coefficient (Wildman–Crippen LogP) is 4.27. The van der Waals surface area contributed by atoms with Crippen molar-refractivity contribution in [2.75, 3.05) is 6.54 Å². The standard InChI is InChI=1S/C26H28N2O3S/c1-3-15(2)16-6-8-17(9-7-16)24(20-5-4-12-32-20)27-21(29)14-28-25(30)22-18-10-11-19(13-18)23(22)26(28)31/h4-12,15,18-19,22-24H,3,13-14H2,1-2H3,(H,27,29). The van der Waals surface area contributed by atoms with Gasteiger partial charge in [-0.15, -0.1) is 11.3 Å². The highest BCUT2D eigenvalue weighted by molar-refractivity contribution is 7.10. The number of nitrogens with one attached hydrogen (secondary N) is 1. The number of likely N-dealkylation sites (tertiary alicyclic amines) is 1. The molecule has 1 N–H and O–H groups in total. The topological polar surface area (TPSA) is 66.5 Å². The molecule has 5 rings (SSSR count). The van der Waals surface area contributed by atoms with Crippen LogP contribution >= 0.6 is 11.3 Å². The fourth-order valence-corrected chi connectivity index (χ4v) is 6.30. The van der Waals surface area contributed by atoms with Gasteiger partial charge in [0.05, 0.1) is 17.9 Å². The van der Waals surface area contributed by atoms with E-state index in [4.69, 9.17) is 0 Å². The molecule has 6 atom stereocenters. The van der Waals surface area contributed by atoms with Crippen LogP contribution in [-0.2, 0) is 14.4 Å². The van der Waals surface area contributed by atoms with Gasteiger partial charge in [-0.25, -0.2) is 0 Å². The number of hydrogen-bond acceptors (Lipinski definition) is 4. The van der Waals surface area contributed by atoms with Gasteiger partial charge in [-0.2, -0.15) is 0 Å². The summed E-state index contributed by atoms with van der Waals surface area (Å²) in [5.74, 6) is -0.436. The molecule has 0 radical (unpaired) electrons. The second-order valence-corrected chi connectivity index (χ2v) is 10.2. The molecule has 1 saturated carbocycles. The molecule has 32 heavy (non-hydrogen) atoms. The first-order valence-electron chi connectivity index (χ1n) is 11.4. The molecule has 3 aliphatic rings. The van der Waals surface area contributed by atoms with Crippen molar-refractivity contribution in [3.63, 3.8) is 0 Å². The van der Waals surface area contributed by atoms with E-state index < -0.39 is 0 Å². The van der Waals surface area contributed by atoms with Gasteiger partial charge < -0.3 is 5.32 Å². The minimum atomic E-state index is -0.309. The molecule has 1 aliphatic heterocycles. The molecule has 166 valence electrons. The third kappa shape index (κ3) is 3.51. The van der Waals surface area contributed by atoms with Crippen LogP contribution in [0.15, 0.2) is 53.9 Å². The van der Waals surface area contributed by atoms with Crippen molar-refractivity contribution >= 4 is 29.1 Å². The number of hydrogen-bond donors (Lipinski definition) is 1. The molecule has 2 heterocycles. The Morgan fingerprint density at radius 3 is 2.25 bits per heavy atom. The highest BCUT2D eigenvalue weighted by Crippen LogP contribution is 2.52. The predicted molar refractivity (Wildman–Crippen MR) is 124 cm³/mol. The number of allylic oxidation sites excluding steroid dienone is 2. The van der Waals surface area contributed by atoms with Gasteiger partial charge in [0.2, 0.25) is 17.7 Å². The summed E-state index contributed by atoms with van der Waals surface area (Å²) >= 11 is 1.58. The molecule has 0 spiro atoms. The summed E-state index contributed by atoms with van der Waals surface area (Å²) in [5, 5.41) is 5.07. The Balaban J connectivity index is 1.32. The lowest BCUT2D eigenvalue weighted by Crippen LogP contribution is -2.43. The van der Waals surface area contributed by atoms with Gasteiger partial charge >= 0.3 is 0 Å². The third-order valence-corrected chi connectivity index (χ3v) is 8.38. The molecule has 3 amide bonds. The Morgan fingerprint density at radius 1 is 1.06 bits per heavy atom. The first-order valence-corrected chi connectivity index (χ1v) is 12.3. The molecule has 1 aromatic heterocycles. The molecule has 2 aromatic rings. The van der Waals surface area contributed by atoms with Crippen LogP contribution in [0, 0.1) is 23.7 Å². The normalized spacial score (nSPS) is 27.6. The van der Waals surface area contributed by atoms with Crippen molar-refractivity contribution in [1.29, 1.82) is 0 Å². The SMILES string of the molecule is CCC(C)c1ccc(C(NC(=O)CN2C(=O)C3C4C=CC(C4)C3C2=O)c2cccs2)cc1. The average molecular weight is 449 g/mol. The number of carbonyl (C=O) groups excluding carboxylic acids is 3. The molecule has 2 fully saturated rings. The van der Waals surface area contributed by atoms with Gasteiger partial charge in [0, 0.05) is 4.88 Å². The summed E-state index contributed by atoms with van der Waals surface area (Å²) in [6.07, 6.45) is 6.09. The van der Waals surface area contributed by atoms with E-state index in [2.05, 4.69) is 55.6 Å². The maximum Gasteiger partial charge on any atom is 0.240 e. The Kier molecular flexibility index (Phi) is 5.49. The maximum absolute atomic E-state index is 13.0. The van der Waals surface area contributed by atoms with Crippen molar-refractivity contribution in [3.05, 3.63) is 69.9 Å². The number of benzene rings is 1. The van der Waals surface area contributed by atoms with E-state index in [1.165, 1.54) is 10.5 Å². The second kappa shape index (κ2) is 8.32. The summed E-state index contributed by atoms with van der Waals surface area (Å²) in [5.41, 5.74) is 2.27. The van der Waals surface area contributed by atoms with Gasteiger partial charge in [0.1, 0.15) is 6.54 Å². The van der Waals surface area contributed by atoms with Gasteiger partial charge in [-0.3, -0.25) is 19.3 Å². The van der Waals surface area contributed by atoms with Crippen molar-refractivity contribution in [2.45, 2.75) is 38.6 Å². The maximum atomic E-state index is 13.0. The molecule has 1 aromatic carbocycles. The minimum absolute atomic E-state index is 0.150. The molecule has 6 heteroatoms. The van der Waals surface area contributed by atoms with E-state index in [0.717, 1.165) is 23.3 Å². The second-order valence-electron chi connectivity index (χ2n) is 9.25. The lowest BCUT2D eigenvalue weighted by Gasteiger charge is -2.22. The van der Waals surface area contributed by atoms with E-state index in [9.17, 15) is 14.4 Å². The smallest absolute Gasteiger partial charge is 0.240 e. The number of thiophene rings is 1. The van der Waals surface area contributed by atoms with Crippen molar-refractivity contribution in [3.8, 4) is 0 Å². The third-order valence-electron chi connectivity index (χ3n) is 7.45. The molecule has 5 nitrogen and oxygen atoms in total. The highest BCUT2D eigenvalue weighted by Gasteiger charge is 2.59. The van der Waals surface area contributed by atoms with E-state index in [-0.39, 0.29) is 54.0 Å². The fraction of sp³-hybridized carbons (Fsp3) is 0.423. The van der Waals surface area contributed by atoms with Crippen LogP contribution in [0.5, 0.6) is 0 Å². The molecule has 2 aliphatic carbocycles. The molecular formula is C26H28N2O3S. The van der Waals surface area contributed by atoms with Crippen LogP contribution in [0.3, 0.4) is 0 Å². The van der Waals surface area contributed by atoms with Gasteiger partial charge in [0.15, 0.2) is 0 Å². The first kappa shape index (κ1) is 21.1. The summed E-state index contributed by atoms with van der Waals surface area (Å²) < 4.78 is 0. The quantitative estimate of drug-likeness (QED) is 0.508. The van der Waals surface area contributed by atoms with E-state index in [1.54, 1.807) is 11.3 Å². The van der Waals surface area contributed by atoms with Gasteiger partial charge in [-0.05, 0) is 53.2 Å². The van der Waals surface area contributed by atoms with Crippen molar-refractivity contribution in [1.82, 2.24) is 10.2 Å². The number of fused-ring (bicyclic) bond motifs is 5. The Bertz CT molecular complexity index is 1030. The van der Waals surface area contributed by atoms with E-state index in [1.807, 2.05) is 17.5 Å². The molecule has 6 unspecified atom stereocenters. The highest BCUT2D eigenvalue weighted by atomic mass is 32.1. The molecule has 2 bridgehead atoms. The fourth-order valence-electron chi connectivity index (χ4n) is 5.50. The first-order chi connectivity index (χ1) is 15.5. The largest absolute Gasteiger partial charge is 0.343 e. The van der Waals surface area contributed by atoms with E-state index >= 15 is 0 Å². The van der Waals surface area contributed by atoms with Crippen LogP contribution < -0.4 is 5.32 Å². The average Bonchev–Trinajstić information content (AvgIpc) is 3.60. The zero-order valence-corrected chi connectivity index (χ0v) is 19.2. The summed E-state index contributed by atoms with van der Waals surface area (Å²) in [7, 11) is 0. The number of nitrogens with zero attached hydrogens (tertiary/aromatic N) is 1. The van der Waals surface area contributed by atoms with Crippen LogP contribution in [0.2, 0.25) is 0 Å². The summed E-state index contributed by atoms with van der Waals surface area (Å²) in [6.45, 7) is 4.16. The number of rotatable bonds is 7. The van der Waals surface area contributed by atoms with Gasteiger partial charge in [0.25, 0.3) is 0 Å². The lowest BCUT2D eigenvalue weighted by molar-refractivity contribution is -0.144. The van der Waals surface area contributed by atoms with Crippen LogP contribution in [0.4, 0.5) is 0 Å². The summed E-state index contributed by atoms with van der Waals surface area (Å²) in [6, 6.07) is 12.0. The molecule has 1 saturated heterocycles. The van der Waals surface area contributed by atoms with Crippen molar-refractivity contribution < 1.29 is 14.4 Å². The summed E-state index contributed by atoms with van der Waals surface area (Å²) in [4.78, 5) is 41.1. The van der Waals surface area contributed by atoms with Crippen LogP contribution in [0.25, 0.3) is 0 Å². The number of carbonyl (C=O) groups is 3. The number of imide groups is 1. The zero-order chi connectivity index (χ0) is 22.4. The van der Waals surface area contributed by atoms with Gasteiger partial charge in [-0.1, -0.05) is 56.3 Å². The Labute approximate surface area is 192 Å². The Hall–Kier alpha value is -2.73. The Morgan fingerprint density at radius 2 is 1.69 bits per heavy atom. The van der Waals surface area contributed by atoms with E-state index in [0.29, 0.717) is 5.92 Å². The molecular weight excluding hydrogens is 420 g/mol. The van der Waals surface area contributed by atoms with Crippen molar-refractivity contribution in [2.24, 2.45) is 23.7 Å². The number of amides is 3. The lowest BCUT2D eigenvalue weighted by atomic mass is 9.85. The zero-order valence-electron chi connectivity index (χ0n) is 18.4. The van der Waals surface area contributed by atoms with Crippen LogP contribution in [0.1, 0.15) is 54.7 Å². The minimum Gasteiger partial charge on any atom is -0.343 e. The van der Waals surface area contributed by atoms with Crippen LogP contribution in [-0.4, -0.2) is 29.2 Å². The monoisotopic (exact) mass is 448 g/mol.